The molecular weight excluding hydrogens is 374 g/mol. The Kier molecular flexibility index (Phi) is 8.45. The summed E-state index contributed by atoms with van der Waals surface area (Å²) < 4.78 is 10.5. The van der Waals surface area contributed by atoms with Crippen molar-refractivity contribution in [2.24, 2.45) is 0 Å². The van der Waals surface area contributed by atoms with E-state index in [1.165, 1.54) is 0 Å². The minimum absolute atomic E-state index is 0.0265. The quantitative estimate of drug-likeness (QED) is 0.672. The summed E-state index contributed by atoms with van der Waals surface area (Å²) in [5, 5.41) is 5.81. The van der Waals surface area contributed by atoms with Crippen molar-refractivity contribution in [1.82, 2.24) is 15.5 Å². The van der Waals surface area contributed by atoms with Crippen molar-refractivity contribution in [1.29, 1.82) is 0 Å². The van der Waals surface area contributed by atoms with Crippen LogP contribution in [-0.2, 0) is 25.7 Å². The fourth-order valence-corrected chi connectivity index (χ4v) is 2.92. The first-order chi connectivity index (χ1) is 13.7. The molecule has 1 aliphatic rings. The molecule has 1 aliphatic heterocycles. The minimum atomic E-state index is -0.844. The Morgan fingerprint density at radius 3 is 2.41 bits per heavy atom. The van der Waals surface area contributed by atoms with Crippen LogP contribution in [0.25, 0.3) is 0 Å². The molecule has 0 bridgehead atoms. The first-order valence-corrected chi connectivity index (χ1v) is 9.93. The number of piperazine rings is 1. The Hall–Kier alpha value is -2.61. The number of rotatable bonds is 7. The summed E-state index contributed by atoms with van der Waals surface area (Å²) in [6.07, 6.45) is -0.511. The molecule has 1 heterocycles. The van der Waals surface area contributed by atoms with Gasteiger partial charge in [0, 0.05) is 32.6 Å². The van der Waals surface area contributed by atoms with Gasteiger partial charge >= 0.3 is 12.1 Å². The predicted molar refractivity (Wildman–Crippen MR) is 108 cm³/mol. The fourth-order valence-electron chi connectivity index (χ4n) is 2.92. The topological polar surface area (TPSA) is 97.0 Å². The van der Waals surface area contributed by atoms with Crippen LogP contribution in [-0.4, -0.2) is 60.7 Å². The fraction of sp³-hybridized carbons (Fsp3) is 0.571. The van der Waals surface area contributed by atoms with E-state index in [-0.39, 0.29) is 25.4 Å². The van der Waals surface area contributed by atoms with E-state index < -0.39 is 23.7 Å². The Morgan fingerprint density at radius 1 is 1.14 bits per heavy atom. The lowest BCUT2D eigenvalue weighted by Gasteiger charge is -2.31. The second-order valence-corrected chi connectivity index (χ2v) is 7.96. The van der Waals surface area contributed by atoms with Gasteiger partial charge in [0.05, 0.1) is 0 Å². The summed E-state index contributed by atoms with van der Waals surface area (Å²) in [4.78, 5) is 38.9. The van der Waals surface area contributed by atoms with E-state index in [9.17, 15) is 14.4 Å². The monoisotopic (exact) mass is 405 g/mol. The molecule has 0 aliphatic carbocycles. The SMILES string of the molecule is CC(C)(C)OC(=O)CCC(NC(=O)OCc1ccccc1)C(=O)N1CCNCC1. The standard InChI is InChI=1S/C21H31N3O5/c1-21(2,3)29-18(25)10-9-17(19(26)24-13-11-22-12-14-24)23-20(27)28-15-16-7-5-4-6-8-16/h4-8,17,22H,9-15H2,1-3H3,(H,23,27). The van der Waals surface area contributed by atoms with Gasteiger partial charge in [-0.2, -0.15) is 0 Å². The number of nitrogens with zero attached hydrogens (tertiary/aromatic N) is 1. The van der Waals surface area contributed by atoms with E-state index in [2.05, 4.69) is 10.6 Å². The van der Waals surface area contributed by atoms with Crippen LogP contribution in [0.3, 0.4) is 0 Å². The van der Waals surface area contributed by atoms with Crippen molar-refractivity contribution in [3.8, 4) is 0 Å². The Labute approximate surface area is 171 Å². The number of carbonyl (C=O) groups is 3. The van der Waals surface area contributed by atoms with Gasteiger partial charge < -0.3 is 25.0 Å². The van der Waals surface area contributed by atoms with Gasteiger partial charge in [0.1, 0.15) is 18.2 Å². The van der Waals surface area contributed by atoms with Crippen LogP contribution in [0.15, 0.2) is 30.3 Å². The summed E-state index contributed by atoms with van der Waals surface area (Å²) in [6, 6.07) is 8.44. The molecule has 0 spiro atoms. The highest BCUT2D eigenvalue weighted by atomic mass is 16.6. The van der Waals surface area contributed by atoms with Crippen molar-refractivity contribution in [2.45, 2.75) is 51.9 Å². The maximum absolute atomic E-state index is 12.9. The highest BCUT2D eigenvalue weighted by Crippen LogP contribution is 2.12. The maximum Gasteiger partial charge on any atom is 0.408 e. The molecule has 1 saturated heterocycles. The van der Waals surface area contributed by atoms with Gasteiger partial charge in [0.25, 0.3) is 0 Å². The maximum atomic E-state index is 12.9. The van der Waals surface area contributed by atoms with Crippen molar-refractivity contribution in [2.75, 3.05) is 26.2 Å². The van der Waals surface area contributed by atoms with E-state index in [1.807, 2.05) is 30.3 Å². The van der Waals surface area contributed by atoms with Crippen molar-refractivity contribution in [3.63, 3.8) is 0 Å². The summed E-state index contributed by atoms with van der Waals surface area (Å²) in [5.41, 5.74) is 0.248. The van der Waals surface area contributed by atoms with Gasteiger partial charge in [-0.05, 0) is 32.8 Å². The van der Waals surface area contributed by atoms with Crippen LogP contribution in [0, 0.1) is 0 Å². The molecule has 0 radical (unpaired) electrons. The molecule has 0 saturated carbocycles. The highest BCUT2D eigenvalue weighted by molar-refractivity contribution is 5.86. The number of benzene rings is 1. The van der Waals surface area contributed by atoms with Gasteiger partial charge in [-0.25, -0.2) is 4.79 Å². The molecular formula is C21H31N3O5. The third-order valence-corrected chi connectivity index (χ3v) is 4.29. The third kappa shape index (κ3) is 8.51. The van der Waals surface area contributed by atoms with E-state index in [1.54, 1.807) is 25.7 Å². The van der Waals surface area contributed by atoms with Gasteiger partial charge in [-0.3, -0.25) is 9.59 Å². The van der Waals surface area contributed by atoms with Crippen LogP contribution in [0.2, 0.25) is 0 Å². The smallest absolute Gasteiger partial charge is 0.408 e. The number of ether oxygens (including phenoxy) is 2. The summed E-state index contributed by atoms with van der Waals surface area (Å²) >= 11 is 0. The van der Waals surface area contributed by atoms with E-state index in [4.69, 9.17) is 9.47 Å². The lowest BCUT2D eigenvalue weighted by molar-refractivity contribution is -0.155. The van der Waals surface area contributed by atoms with Crippen LogP contribution in [0.5, 0.6) is 0 Å². The molecule has 29 heavy (non-hydrogen) atoms. The van der Waals surface area contributed by atoms with Crippen molar-refractivity contribution >= 4 is 18.0 Å². The van der Waals surface area contributed by atoms with Gasteiger partial charge in [-0.15, -0.1) is 0 Å². The largest absolute Gasteiger partial charge is 0.460 e. The van der Waals surface area contributed by atoms with Crippen LogP contribution >= 0.6 is 0 Å². The van der Waals surface area contributed by atoms with Crippen LogP contribution in [0.4, 0.5) is 4.79 Å². The summed E-state index contributed by atoms with van der Waals surface area (Å²) in [7, 11) is 0. The lowest BCUT2D eigenvalue weighted by Crippen LogP contribution is -2.54. The first kappa shape index (κ1) is 22.7. The Balaban J connectivity index is 1.94. The van der Waals surface area contributed by atoms with E-state index in [0.29, 0.717) is 26.2 Å². The summed E-state index contributed by atoms with van der Waals surface area (Å²) in [6.45, 7) is 7.97. The number of amides is 2. The van der Waals surface area contributed by atoms with Crippen LogP contribution in [0.1, 0.15) is 39.2 Å². The van der Waals surface area contributed by atoms with Gasteiger partial charge in [-0.1, -0.05) is 30.3 Å². The molecule has 8 nitrogen and oxygen atoms in total. The zero-order valence-corrected chi connectivity index (χ0v) is 17.4. The molecule has 1 aromatic carbocycles. The number of alkyl carbamates (subject to hydrolysis) is 1. The molecule has 1 unspecified atom stereocenters. The number of esters is 1. The van der Waals surface area contributed by atoms with Crippen LogP contribution < -0.4 is 10.6 Å². The second-order valence-electron chi connectivity index (χ2n) is 7.96. The molecule has 0 aromatic heterocycles. The van der Waals surface area contributed by atoms with Crippen molar-refractivity contribution in [3.05, 3.63) is 35.9 Å². The predicted octanol–water partition coefficient (Wildman–Crippen LogP) is 1.84. The molecule has 2 amide bonds. The average Bonchev–Trinajstić information content (AvgIpc) is 2.69. The Morgan fingerprint density at radius 2 is 1.79 bits per heavy atom. The summed E-state index contributed by atoms with van der Waals surface area (Å²) in [5.74, 6) is -0.623. The minimum Gasteiger partial charge on any atom is -0.460 e. The first-order valence-electron chi connectivity index (χ1n) is 9.93. The normalized spacial score (nSPS) is 15.3. The Bertz CT molecular complexity index is 681. The molecule has 2 N–H and O–H groups in total. The molecule has 1 atom stereocenters. The second kappa shape index (κ2) is 10.8. The number of hydrogen-bond acceptors (Lipinski definition) is 6. The van der Waals surface area contributed by atoms with Gasteiger partial charge in [0.15, 0.2) is 0 Å². The molecule has 1 fully saturated rings. The van der Waals surface area contributed by atoms with E-state index >= 15 is 0 Å². The molecule has 160 valence electrons. The zero-order chi connectivity index (χ0) is 21.3. The van der Waals surface area contributed by atoms with E-state index in [0.717, 1.165) is 5.56 Å². The highest BCUT2D eigenvalue weighted by Gasteiger charge is 2.28. The number of carbonyl (C=O) groups excluding carboxylic acids is 3. The third-order valence-electron chi connectivity index (χ3n) is 4.29. The molecule has 1 aromatic rings. The average molecular weight is 405 g/mol. The molecule has 8 heteroatoms. The molecule has 2 rings (SSSR count). The van der Waals surface area contributed by atoms with Crippen molar-refractivity contribution < 1.29 is 23.9 Å². The zero-order valence-electron chi connectivity index (χ0n) is 17.4. The number of hydrogen-bond donors (Lipinski definition) is 2. The number of nitrogens with one attached hydrogen (secondary N) is 2. The van der Waals surface area contributed by atoms with Gasteiger partial charge in [0.2, 0.25) is 5.91 Å². The lowest BCUT2D eigenvalue weighted by atomic mass is 10.1.